The standard InChI is InChI=1S/C24H27N3O3/c1-5-29-21-12-18-11-15(2)30-22(18)13-19(21)14-25-24(28)23-16(3)26-27(17(23)4)20-9-7-6-8-10-20/h6-10,12-13,15H,5,11,14H2,1-4H3,(H,25,28)/t15-/m0/s1. The van der Waals surface area contributed by atoms with Gasteiger partial charge in [0, 0.05) is 24.1 Å². The van der Waals surface area contributed by atoms with Gasteiger partial charge in [-0.1, -0.05) is 18.2 Å². The normalized spacial score (nSPS) is 14.9. The number of carbonyl (C=O) groups is 1. The Morgan fingerprint density at radius 2 is 2.03 bits per heavy atom. The van der Waals surface area contributed by atoms with Crippen LogP contribution in [0.3, 0.4) is 0 Å². The maximum atomic E-state index is 13.0. The lowest BCUT2D eigenvalue weighted by Gasteiger charge is -2.13. The van der Waals surface area contributed by atoms with Crippen molar-refractivity contribution in [2.24, 2.45) is 0 Å². The predicted octanol–water partition coefficient (Wildman–Crippen LogP) is 4.14. The Kier molecular flexibility index (Phi) is 5.48. The van der Waals surface area contributed by atoms with Crippen LogP contribution in [0.25, 0.3) is 5.69 Å². The van der Waals surface area contributed by atoms with Crippen molar-refractivity contribution in [3.8, 4) is 17.2 Å². The van der Waals surface area contributed by atoms with Crippen molar-refractivity contribution in [2.45, 2.75) is 46.8 Å². The van der Waals surface area contributed by atoms with E-state index in [0.29, 0.717) is 24.4 Å². The largest absolute Gasteiger partial charge is 0.494 e. The highest BCUT2D eigenvalue weighted by Gasteiger charge is 2.23. The Morgan fingerprint density at radius 3 is 2.77 bits per heavy atom. The van der Waals surface area contributed by atoms with Gasteiger partial charge in [0.25, 0.3) is 5.91 Å². The fourth-order valence-electron chi connectivity index (χ4n) is 3.97. The second-order valence-corrected chi connectivity index (χ2v) is 7.61. The summed E-state index contributed by atoms with van der Waals surface area (Å²) in [6.07, 6.45) is 1.03. The molecule has 1 aromatic heterocycles. The first-order chi connectivity index (χ1) is 14.5. The van der Waals surface area contributed by atoms with Crippen molar-refractivity contribution in [3.05, 3.63) is 70.5 Å². The Morgan fingerprint density at radius 1 is 1.27 bits per heavy atom. The number of rotatable bonds is 6. The van der Waals surface area contributed by atoms with Crippen molar-refractivity contribution < 1.29 is 14.3 Å². The highest BCUT2D eigenvalue weighted by atomic mass is 16.5. The summed E-state index contributed by atoms with van der Waals surface area (Å²) in [5, 5.41) is 7.61. The lowest BCUT2D eigenvalue weighted by atomic mass is 10.1. The number of ether oxygens (including phenoxy) is 2. The molecule has 1 atom stereocenters. The summed E-state index contributed by atoms with van der Waals surface area (Å²) < 4.78 is 13.5. The Bertz CT molecular complexity index is 1070. The molecule has 0 saturated carbocycles. The SMILES string of the molecule is CCOc1cc2c(cc1CNC(=O)c1c(C)nn(-c3ccccc3)c1C)O[C@@H](C)C2. The number of carbonyl (C=O) groups excluding carboxylic acids is 1. The van der Waals surface area contributed by atoms with Crippen LogP contribution in [-0.2, 0) is 13.0 Å². The molecule has 6 nitrogen and oxygen atoms in total. The molecule has 1 aliphatic heterocycles. The van der Waals surface area contributed by atoms with Crippen molar-refractivity contribution >= 4 is 5.91 Å². The molecule has 1 amide bonds. The summed E-state index contributed by atoms with van der Waals surface area (Å²) >= 11 is 0. The van der Waals surface area contributed by atoms with Crippen molar-refractivity contribution in [1.29, 1.82) is 0 Å². The van der Waals surface area contributed by atoms with Crippen molar-refractivity contribution in [1.82, 2.24) is 15.1 Å². The number of fused-ring (bicyclic) bond motifs is 1. The number of aryl methyl sites for hydroxylation is 1. The highest BCUT2D eigenvalue weighted by Crippen LogP contribution is 2.35. The Labute approximate surface area is 176 Å². The van der Waals surface area contributed by atoms with E-state index in [1.165, 1.54) is 0 Å². The molecular weight excluding hydrogens is 378 g/mol. The molecule has 156 valence electrons. The van der Waals surface area contributed by atoms with Crippen LogP contribution in [-0.4, -0.2) is 28.4 Å². The molecule has 2 aromatic carbocycles. The van der Waals surface area contributed by atoms with Crippen LogP contribution in [0.1, 0.15) is 46.7 Å². The van der Waals surface area contributed by atoms with E-state index in [1.54, 1.807) is 4.68 Å². The fourth-order valence-corrected chi connectivity index (χ4v) is 3.97. The lowest BCUT2D eigenvalue weighted by molar-refractivity contribution is 0.0949. The first-order valence-electron chi connectivity index (χ1n) is 10.3. The molecule has 2 heterocycles. The zero-order valence-electron chi connectivity index (χ0n) is 17.9. The minimum atomic E-state index is -0.149. The summed E-state index contributed by atoms with van der Waals surface area (Å²) in [6.45, 7) is 8.71. The van der Waals surface area contributed by atoms with E-state index in [-0.39, 0.29) is 12.0 Å². The third-order valence-corrected chi connectivity index (χ3v) is 5.34. The quantitative estimate of drug-likeness (QED) is 0.669. The number of nitrogens with one attached hydrogen (secondary N) is 1. The van der Waals surface area contributed by atoms with Crippen LogP contribution in [0.4, 0.5) is 0 Å². The van der Waals surface area contributed by atoms with Gasteiger partial charge in [-0.3, -0.25) is 4.79 Å². The zero-order chi connectivity index (χ0) is 21.3. The minimum absolute atomic E-state index is 0.149. The van der Waals surface area contributed by atoms with Gasteiger partial charge in [0.1, 0.15) is 17.6 Å². The third kappa shape index (κ3) is 3.77. The number of benzene rings is 2. The number of nitrogens with zero attached hydrogens (tertiary/aromatic N) is 2. The van der Waals surface area contributed by atoms with E-state index >= 15 is 0 Å². The number of hydrogen-bond acceptors (Lipinski definition) is 4. The summed E-state index contributed by atoms with van der Waals surface area (Å²) in [6, 6.07) is 13.8. The van der Waals surface area contributed by atoms with E-state index in [9.17, 15) is 4.79 Å². The fraction of sp³-hybridized carbons (Fsp3) is 0.333. The lowest BCUT2D eigenvalue weighted by Crippen LogP contribution is -2.24. The molecule has 0 aliphatic carbocycles. The average Bonchev–Trinajstić information content (AvgIpc) is 3.24. The van der Waals surface area contributed by atoms with Gasteiger partial charge < -0.3 is 14.8 Å². The van der Waals surface area contributed by atoms with Crippen LogP contribution in [0.15, 0.2) is 42.5 Å². The molecule has 0 bridgehead atoms. The van der Waals surface area contributed by atoms with Gasteiger partial charge in [0.05, 0.1) is 29.2 Å². The summed E-state index contributed by atoms with van der Waals surface area (Å²) in [7, 11) is 0. The van der Waals surface area contributed by atoms with E-state index in [1.807, 2.05) is 63.2 Å². The van der Waals surface area contributed by atoms with Gasteiger partial charge >= 0.3 is 0 Å². The molecule has 30 heavy (non-hydrogen) atoms. The monoisotopic (exact) mass is 405 g/mol. The summed E-state index contributed by atoms with van der Waals surface area (Å²) in [4.78, 5) is 13.0. The molecule has 3 aromatic rings. The third-order valence-electron chi connectivity index (χ3n) is 5.34. The molecule has 1 N–H and O–H groups in total. The van der Waals surface area contributed by atoms with Gasteiger partial charge in [0.2, 0.25) is 0 Å². The van der Waals surface area contributed by atoms with Crippen LogP contribution < -0.4 is 14.8 Å². The van der Waals surface area contributed by atoms with E-state index in [0.717, 1.165) is 40.4 Å². The van der Waals surface area contributed by atoms with Gasteiger partial charge in [-0.05, 0) is 52.0 Å². The van der Waals surface area contributed by atoms with Gasteiger partial charge in [-0.25, -0.2) is 4.68 Å². The van der Waals surface area contributed by atoms with Crippen LogP contribution >= 0.6 is 0 Å². The van der Waals surface area contributed by atoms with Crippen LogP contribution in [0.5, 0.6) is 11.5 Å². The number of aromatic nitrogens is 2. The predicted molar refractivity (Wildman–Crippen MR) is 116 cm³/mol. The number of hydrogen-bond donors (Lipinski definition) is 1. The Balaban J connectivity index is 1.56. The number of amides is 1. The molecule has 6 heteroatoms. The smallest absolute Gasteiger partial charge is 0.255 e. The first-order valence-corrected chi connectivity index (χ1v) is 10.3. The molecule has 0 unspecified atom stereocenters. The second-order valence-electron chi connectivity index (χ2n) is 7.61. The maximum absolute atomic E-state index is 13.0. The molecule has 0 saturated heterocycles. The van der Waals surface area contributed by atoms with E-state index in [4.69, 9.17) is 9.47 Å². The second kappa shape index (κ2) is 8.22. The molecule has 0 radical (unpaired) electrons. The van der Waals surface area contributed by atoms with E-state index < -0.39 is 0 Å². The molecule has 1 aliphatic rings. The highest BCUT2D eigenvalue weighted by molar-refractivity contribution is 5.96. The molecule has 0 fully saturated rings. The maximum Gasteiger partial charge on any atom is 0.255 e. The van der Waals surface area contributed by atoms with Gasteiger partial charge in [0.15, 0.2) is 0 Å². The summed E-state index contributed by atoms with van der Waals surface area (Å²) in [5.74, 6) is 1.52. The Hall–Kier alpha value is -3.28. The zero-order valence-corrected chi connectivity index (χ0v) is 17.9. The molecule has 4 rings (SSSR count). The number of para-hydroxylation sites is 1. The van der Waals surface area contributed by atoms with Crippen LogP contribution in [0.2, 0.25) is 0 Å². The molecule has 0 spiro atoms. The first kappa shape index (κ1) is 20.0. The molecular formula is C24H27N3O3. The topological polar surface area (TPSA) is 65.4 Å². The summed E-state index contributed by atoms with van der Waals surface area (Å²) in [5.41, 5.74) is 5.10. The minimum Gasteiger partial charge on any atom is -0.494 e. The van der Waals surface area contributed by atoms with Crippen LogP contribution in [0, 0.1) is 13.8 Å². The van der Waals surface area contributed by atoms with Crippen molar-refractivity contribution in [3.63, 3.8) is 0 Å². The average molecular weight is 405 g/mol. The van der Waals surface area contributed by atoms with Crippen molar-refractivity contribution in [2.75, 3.05) is 6.61 Å². The van der Waals surface area contributed by atoms with Gasteiger partial charge in [-0.2, -0.15) is 5.10 Å². The van der Waals surface area contributed by atoms with E-state index in [2.05, 4.69) is 17.3 Å². The van der Waals surface area contributed by atoms with Gasteiger partial charge in [-0.15, -0.1) is 0 Å².